The Bertz CT molecular complexity index is 399. The van der Waals surface area contributed by atoms with Gasteiger partial charge in [0.25, 0.3) is 0 Å². The van der Waals surface area contributed by atoms with Crippen LogP contribution in [0.25, 0.3) is 6.08 Å². The van der Waals surface area contributed by atoms with Crippen LogP contribution in [0.5, 0.6) is 0 Å². The van der Waals surface area contributed by atoms with Gasteiger partial charge < -0.3 is 4.74 Å². The molecule has 1 aromatic carbocycles. The number of halogens is 1. The molecule has 1 rings (SSSR count). The van der Waals surface area contributed by atoms with Crippen LogP contribution in [0.1, 0.15) is 36.7 Å². The summed E-state index contributed by atoms with van der Waals surface area (Å²) in [6.45, 7) is 5.55. The van der Waals surface area contributed by atoms with E-state index < -0.39 is 5.60 Å². The van der Waals surface area contributed by atoms with Crippen LogP contribution in [0.15, 0.2) is 30.3 Å². The Morgan fingerprint density at radius 1 is 1.29 bits per heavy atom. The van der Waals surface area contributed by atoms with Gasteiger partial charge in [0, 0.05) is 5.88 Å². The summed E-state index contributed by atoms with van der Waals surface area (Å²) < 4.78 is 5.27. The number of ether oxygens (including phenoxy) is 1. The summed E-state index contributed by atoms with van der Waals surface area (Å²) in [5, 5.41) is 0. The van der Waals surface area contributed by atoms with Crippen LogP contribution < -0.4 is 0 Å². The van der Waals surface area contributed by atoms with Crippen LogP contribution >= 0.6 is 11.6 Å². The SMILES string of the molecule is CC(C)(C)OC(=O)c1ccc(C=CCCl)cc1. The highest BCUT2D eigenvalue weighted by atomic mass is 35.5. The zero-order valence-corrected chi connectivity index (χ0v) is 11.1. The van der Waals surface area contributed by atoms with Crippen molar-refractivity contribution in [2.24, 2.45) is 0 Å². The fourth-order valence-electron chi connectivity index (χ4n) is 1.25. The van der Waals surface area contributed by atoms with Crippen molar-refractivity contribution in [1.29, 1.82) is 0 Å². The number of hydrogen-bond acceptors (Lipinski definition) is 2. The van der Waals surface area contributed by atoms with Crippen molar-refractivity contribution in [3.8, 4) is 0 Å². The molecule has 0 aliphatic rings. The van der Waals surface area contributed by atoms with Crippen LogP contribution in [-0.4, -0.2) is 17.5 Å². The molecule has 0 aliphatic heterocycles. The molecule has 0 aliphatic carbocycles. The van der Waals surface area contributed by atoms with E-state index in [4.69, 9.17) is 16.3 Å². The van der Waals surface area contributed by atoms with E-state index in [0.717, 1.165) is 5.56 Å². The van der Waals surface area contributed by atoms with Crippen LogP contribution in [0, 0.1) is 0 Å². The minimum atomic E-state index is -0.464. The molecule has 0 unspecified atom stereocenters. The monoisotopic (exact) mass is 252 g/mol. The number of hydrogen-bond donors (Lipinski definition) is 0. The minimum Gasteiger partial charge on any atom is -0.456 e. The summed E-state index contributed by atoms with van der Waals surface area (Å²) in [6, 6.07) is 7.23. The zero-order chi connectivity index (χ0) is 12.9. The highest BCUT2D eigenvalue weighted by molar-refractivity contribution is 6.19. The first-order valence-corrected chi connectivity index (χ1v) is 6.02. The lowest BCUT2D eigenvalue weighted by Gasteiger charge is -2.19. The normalized spacial score (nSPS) is 11.8. The molecular weight excluding hydrogens is 236 g/mol. The summed E-state index contributed by atoms with van der Waals surface area (Å²) in [4.78, 5) is 11.7. The molecule has 17 heavy (non-hydrogen) atoms. The molecule has 0 atom stereocenters. The molecule has 0 radical (unpaired) electrons. The van der Waals surface area contributed by atoms with Gasteiger partial charge in [-0.15, -0.1) is 11.6 Å². The third-order valence-corrected chi connectivity index (χ3v) is 2.12. The van der Waals surface area contributed by atoms with Gasteiger partial charge in [0.2, 0.25) is 0 Å². The molecule has 0 heterocycles. The summed E-state index contributed by atoms with van der Waals surface area (Å²) >= 11 is 5.54. The van der Waals surface area contributed by atoms with Crippen LogP contribution in [0.4, 0.5) is 0 Å². The second kappa shape index (κ2) is 5.87. The Hall–Kier alpha value is -1.28. The van der Waals surface area contributed by atoms with Crippen LogP contribution in [0.2, 0.25) is 0 Å². The predicted molar refractivity (Wildman–Crippen MR) is 71.4 cm³/mol. The van der Waals surface area contributed by atoms with Gasteiger partial charge in [-0.25, -0.2) is 4.79 Å². The molecule has 0 bridgehead atoms. The number of alkyl halides is 1. The number of esters is 1. The molecular formula is C14H17ClO2. The summed E-state index contributed by atoms with van der Waals surface area (Å²) in [6.07, 6.45) is 3.76. The maximum Gasteiger partial charge on any atom is 0.338 e. The average molecular weight is 253 g/mol. The number of allylic oxidation sites excluding steroid dienone is 1. The molecule has 0 spiro atoms. The predicted octanol–water partition coefficient (Wildman–Crippen LogP) is 3.89. The maximum absolute atomic E-state index is 11.7. The maximum atomic E-state index is 11.7. The van der Waals surface area contributed by atoms with Gasteiger partial charge in [0.1, 0.15) is 5.60 Å². The number of carbonyl (C=O) groups excluding carboxylic acids is 1. The first kappa shape index (κ1) is 13.8. The van der Waals surface area contributed by atoms with Crippen LogP contribution in [0.3, 0.4) is 0 Å². The summed E-state index contributed by atoms with van der Waals surface area (Å²) in [5.41, 5.74) is 1.11. The molecule has 2 nitrogen and oxygen atoms in total. The molecule has 1 aromatic rings. The number of rotatable bonds is 3. The van der Waals surface area contributed by atoms with Gasteiger partial charge in [-0.1, -0.05) is 24.3 Å². The third-order valence-electron chi connectivity index (χ3n) is 1.94. The van der Waals surface area contributed by atoms with Gasteiger partial charge in [-0.2, -0.15) is 0 Å². The third kappa shape index (κ3) is 5.05. The Morgan fingerprint density at radius 3 is 2.35 bits per heavy atom. The van der Waals surface area contributed by atoms with Crippen molar-refractivity contribution in [3.63, 3.8) is 0 Å². The molecule has 0 N–H and O–H groups in total. The molecule has 92 valence electrons. The fraction of sp³-hybridized carbons (Fsp3) is 0.357. The van der Waals surface area contributed by atoms with Gasteiger partial charge in [0.05, 0.1) is 5.56 Å². The van der Waals surface area contributed by atoms with Crippen molar-refractivity contribution >= 4 is 23.6 Å². The quantitative estimate of drug-likeness (QED) is 0.603. The number of carbonyl (C=O) groups is 1. The summed E-state index contributed by atoms with van der Waals surface area (Å²) in [5.74, 6) is 0.179. The van der Waals surface area contributed by atoms with E-state index in [1.54, 1.807) is 12.1 Å². The highest BCUT2D eigenvalue weighted by Crippen LogP contribution is 2.13. The van der Waals surface area contributed by atoms with Crippen molar-refractivity contribution in [2.75, 3.05) is 5.88 Å². The highest BCUT2D eigenvalue weighted by Gasteiger charge is 2.17. The topological polar surface area (TPSA) is 26.3 Å². The molecule has 0 saturated carbocycles. The van der Waals surface area contributed by atoms with Gasteiger partial charge in [-0.05, 0) is 38.5 Å². The first-order chi connectivity index (χ1) is 7.92. The van der Waals surface area contributed by atoms with E-state index in [1.807, 2.05) is 45.1 Å². The van der Waals surface area contributed by atoms with Gasteiger partial charge in [0.15, 0.2) is 0 Å². The first-order valence-electron chi connectivity index (χ1n) is 5.48. The van der Waals surface area contributed by atoms with E-state index in [9.17, 15) is 4.79 Å². The Labute approximate surface area is 107 Å². The molecule has 0 amide bonds. The molecule has 0 aromatic heterocycles. The van der Waals surface area contributed by atoms with Crippen molar-refractivity contribution < 1.29 is 9.53 Å². The lowest BCUT2D eigenvalue weighted by Crippen LogP contribution is -2.23. The largest absolute Gasteiger partial charge is 0.456 e. The molecule has 3 heteroatoms. The lowest BCUT2D eigenvalue weighted by atomic mass is 10.1. The Morgan fingerprint density at radius 2 is 1.88 bits per heavy atom. The van der Waals surface area contributed by atoms with E-state index in [2.05, 4.69) is 0 Å². The average Bonchev–Trinajstić information content (AvgIpc) is 2.24. The number of benzene rings is 1. The molecule has 0 fully saturated rings. The Kier molecular flexibility index (Phi) is 4.76. The fourth-order valence-corrected chi connectivity index (χ4v) is 1.34. The van der Waals surface area contributed by atoms with Crippen LogP contribution in [-0.2, 0) is 4.74 Å². The Balaban J connectivity index is 2.74. The molecule has 0 saturated heterocycles. The van der Waals surface area contributed by atoms with Crippen molar-refractivity contribution in [2.45, 2.75) is 26.4 Å². The second-order valence-electron chi connectivity index (χ2n) is 4.68. The van der Waals surface area contributed by atoms with Gasteiger partial charge in [-0.3, -0.25) is 0 Å². The summed E-state index contributed by atoms with van der Waals surface area (Å²) in [7, 11) is 0. The van der Waals surface area contributed by atoms with E-state index in [1.165, 1.54) is 0 Å². The van der Waals surface area contributed by atoms with E-state index in [0.29, 0.717) is 11.4 Å². The van der Waals surface area contributed by atoms with Gasteiger partial charge >= 0.3 is 5.97 Å². The van der Waals surface area contributed by atoms with E-state index in [-0.39, 0.29) is 5.97 Å². The standard InChI is InChI=1S/C14H17ClO2/c1-14(2,3)17-13(16)12-8-6-11(7-9-12)5-4-10-15/h4-9H,10H2,1-3H3. The lowest BCUT2D eigenvalue weighted by molar-refractivity contribution is 0.00696. The van der Waals surface area contributed by atoms with Crippen molar-refractivity contribution in [1.82, 2.24) is 0 Å². The zero-order valence-electron chi connectivity index (χ0n) is 10.4. The van der Waals surface area contributed by atoms with E-state index >= 15 is 0 Å². The van der Waals surface area contributed by atoms with Crippen molar-refractivity contribution in [3.05, 3.63) is 41.5 Å². The minimum absolute atomic E-state index is 0.301. The smallest absolute Gasteiger partial charge is 0.338 e. The second-order valence-corrected chi connectivity index (χ2v) is 4.99.